The van der Waals surface area contributed by atoms with Crippen LogP contribution in [0.2, 0.25) is 5.02 Å². The molecule has 0 saturated carbocycles. The highest BCUT2D eigenvalue weighted by Gasteiger charge is 2.23. The predicted molar refractivity (Wildman–Crippen MR) is 81.5 cm³/mol. The van der Waals surface area contributed by atoms with Crippen LogP contribution in [-0.2, 0) is 10.0 Å². The minimum Gasteiger partial charge on any atom is -0.396 e. The summed E-state index contributed by atoms with van der Waals surface area (Å²) < 4.78 is 27.2. The van der Waals surface area contributed by atoms with Gasteiger partial charge in [0.1, 0.15) is 0 Å². The number of aryl methyl sites for hydroxylation is 1. The Hall–Kier alpha value is -0.620. The van der Waals surface area contributed by atoms with E-state index in [2.05, 4.69) is 4.72 Å². The van der Waals surface area contributed by atoms with Crippen molar-refractivity contribution >= 4 is 21.6 Å². The Morgan fingerprint density at radius 3 is 2.60 bits per heavy atom. The van der Waals surface area contributed by atoms with Gasteiger partial charge in [-0.3, -0.25) is 0 Å². The van der Waals surface area contributed by atoms with Crippen LogP contribution in [0.25, 0.3) is 0 Å². The largest absolute Gasteiger partial charge is 0.396 e. The van der Waals surface area contributed by atoms with E-state index in [0.717, 1.165) is 6.42 Å². The normalized spacial score (nSPS) is 12.7. The molecule has 0 heterocycles. The molecule has 0 bridgehead atoms. The van der Waals surface area contributed by atoms with E-state index in [1.54, 1.807) is 19.1 Å². The monoisotopic (exact) mass is 319 g/mol. The standard InChI is InChI=1S/C14H22ClNO3S/c1-11-5-6-12(15)9-13(11)20(18,19)16-10-14(2,3)7-4-8-17/h5-6,9,16-17H,4,7-8,10H2,1-3H3. The van der Waals surface area contributed by atoms with Crippen LogP contribution < -0.4 is 4.72 Å². The number of rotatable bonds is 7. The smallest absolute Gasteiger partial charge is 0.240 e. The zero-order chi connectivity index (χ0) is 15.4. The molecule has 0 aliphatic rings. The fourth-order valence-electron chi connectivity index (χ4n) is 1.88. The molecular formula is C14H22ClNO3S. The number of sulfonamides is 1. The lowest BCUT2D eigenvalue weighted by Gasteiger charge is -2.24. The highest BCUT2D eigenvalue weighted by molar-refractivity contribution is 7.89. The maximum Gasteiger partial charge on any atom is 0.240 e. The molecule has 0 unspecified atom stereocenters. The van der Waals surface area contributed by atoms with Gasteiger partial charge in [-0.25, -0.2) is 13.1 Å². The molecule has 0 spiro atoms. The number of nitrogens with one attached hydrogen (secondary N) is 1. The van der Waals surface area contributed by atoms with Gasteiger partial charge in [-0.05, 0) is 42.9 Å². The Morgan fingerprint density at radius 2 is 2.00 bits per heavy atom. The van der Waals surface area contributed by atoms with E-state index in [4.69, 9.17) is 16.7 Å². The number of halogens is 1. The molecule has 0 fully saturated rings. The Balaban J connectivity index is 2.83. The fraction of sp³-hybridized carbons (Fsp3) is 0.571. The molecular weight excluding hydrogens is 298 g/mol. The van der Waals surface area contributed by atoms with Crippen LogP contribution in [0, 0.1) is 12.3 Å². The van der Waals surface area contributed by atoms with Gasteiger partial charge in [-0.1, -0.05) is 31.5 Å². The molecule has 114 valence electrons. The summed E-state index contributed by atoms with van der Waals surface area (Å²) in [6.45, 7) is 6.11. The van der Waals surface area contributed by atoms with Crippen molar-refractivity contribution in [3.8, 4) is 0 Å². The molecule has 0 saturated heterocycles. The minimum absolute atomic E-state index is 0.115. The lowest BCUT2D eigenvalue weighted by molar-refractivity contribution is 0.242. The number of hydrogen-bond donors (Lipinski definition) is 2. The Morgan fingerprint density at radius 1 is 1.35 bits per heavy atom. The summed E-state index contributed by atoms with van der Waals surface area (Å²) in [5, 5.41) is 9.25. The first kappa shape index (κ1) is 17.4. The summed E-state index contributed by atoms with van der Waals surface area (Å²) in [7, 11) is -3.57. The maximum absolute atomic E-state index is 12.3. The second kappa shape index (κ2) is 6.89. The summed E-state index contributed by atoms with van der Waals surface area (Å²) in [5.74, 6) is 0. The fourth-order valence-corrected chi connectivity index (χ4v) is 3.62. The van der Waals surface area contributed by atoms with Crippen LogP contribution in [0.4, 0.5) is 0 Å². The molecule has 0 amide bonds. The number of aliphatic hydroxyl groups is 1. The van der Waals surface area contributed by atoms with E-state index in [9.17, 15) is 8.42 Å². The minimum atomic E-state index is -3.57. The molecule has 1 aromatic rings. The van der Waals surface area contributed by atoms with E-state index in [0.29, 0.717) is 23.6 Å². The molecule has 20 heavy (non-hydrogen) atoms. The van der Waals surface area contributed by atoms with Crippen molar-refractivity contribution in [3.05, 3.63) is 28.8 Å². The topological polar surface area (TPSA) is 66.4 Å². The van der Waals surface area contributed by atoms with Gasteiger partial charge in [0.05, 0.1) is 4.90 Å². The first-order valence-corrected chi connectivity index (χ1v) is 8.41. The van der Waals surface area contributed by atoms with E-state index in [-0.39, 0.29) is 16.9 Å². The summed E-state index contributed by atoms with van der Waals surface area (Å²) in [6.07, 6.45) is 1.41. The average Bonchev–Trinajstić information content (AvgIpc) is 2.37. The maximum atomic E-state index is 12.3. The summed E-state index contributed by atoms with van der Waals surface area (Å²) in [6, 6.07) is 4.81. The lowest BCUT2D eigenvalue weighted by Crippen LogP contribution is -2.34. The van der Waals surface area contributed by atoms with E-state index >= 15 is 0 Å². The van der Waals surface area contributed by atoms with Crippen LogP contribution in [0.3, 0.4) is 0 Å². The Labute approximate surface area is 126 Å². The highest BCUT2D eigenvalue weighted by atomic mass is 35.5. The molecule has 0 aliphatic carbocycles. The van der Waals surface area contributed by atoms with Crippen LogP contribution in [0.15, 0.2) is 23.1 Å². The predicted octanol–water partition coefficient (Wildman–Crippen LogP) is 2.73. The third-order valence-electron chi connectivity index (χ3n) is 3.19. The first-order chi connectivity index (χ1) is 9.18. The van der Waals surface area contributed by atoms with Crippen molar-refractivity contribution in [1.82, 2.24) is 4.72 Å². The number of hydrogen-bond acceptors (Lipinski definition) is 3. The van der Waals surface area contributed by atoms with Crippen molar-refractivity contribution in [2.45, 2.75) is 38.5 Å². The number of aliphatic hydroxyl groups excluding tert-OH is 1. The summed E-state index contributed by atoms with van der Waals surface area (Å²) >= 11 is 5.86. The Kier molecular flexibility index (Phi) is 6.01. The molecule has 0 aliphatic heterocycles. The van der Waals surface area contributed by atoms with Crippen LogP contribution in [0.1, 0.15) is 32.3 Å². The zero-order valence-electron chi connectivity index (χ0n) is 12.1. The second-order valence-electron chi connectivity index (χ2n) is 5.73. The molecule has 2 N–H and O–H groups in total. The van der Waals surface area contributed by atoms with Crippen LogP contribution in [-0.4, -0.2) is 26.7 Å². The van der Waals surface area contributed by atoms with Crippen molar-refractivity contribution in [2.24, 2.45) is 5.41 Å². The van der Waals surface area contributed by atoms with Gasteiger partial charge < -0.3 is 5.11 Å². The quantitative estimate of drug-likeness (QED) is 0.812. The molecule has 1 rings (SSSR count). The van der Waals surface area contributed by atoms with Crippen LogP contribution in [0.5, 0.6) is 0 Å². The molecule has 0 atom stereocenters. The SMILES string of the molecule is Cc1ccc(Cl)cc1S(=O)(=O)NCC(C)(C)CCCO. The van der Waals surface area contributed by atoms with Crippen molar-refractivity contribution in [2.75, 3.05) is 13.2 Å². The average molecular weight is 320 g/mol. The van der Waals surface area contributed by atoms with E-state index in [1.165, 1.54) is 6.07 Å². The third-order valence-corrected chi connectivity index (χ3v) is 4.97. The van der Waals surface area contributed by atoms with Gasteiger partial charge >= 0.3 is 0 Å². The lowest BCUT2D eigenvalue weighted by atomic mass is 9.88. The highest BCUT2D eigenvalue weighted by Crippen LogP contribution is 2.24. The van der Waals surface area contributed by atoms with Crippen molar-refractivity contribution < 1.29 is 13.5 Å². The van der Waals surface area contributed by atoms with E-state index in [1.807, 2.05) is 13.8 Å². The first-order valence-electron chi connectivity index (χ1n) is 6.55. The molecule has 0 aromatic heterocycles. The summed E-state index contributed by atoms with van der Waals surface area (Å²) in [4.78, 5) is 0.211. The molecule has 0 radical (unpaired) electrons. The van der Waals surface area contributed by atoms with Gasteiger partial charge in [0.25, 0.3) is 0 Å². The molecule has 6 heteroatoms. The van der Waals surface area contributed by atoms with Gasteiger partial charge in [0.2, 0.25) is 10.0 Å². The van der Waals surface area contributed by atoms with Crippen molar-refractivity contribution in [1.29, 1.82) is 0 Å². The van der Waals surface area contributed by atoms with Crippen LogP contribution >= 0.6 is 11.6 Å². The van der Waals surface area contributed by atoms with Crippen molar-refractivity contribution in [3.63, 3.8) is 0 Å². The van der Waals surface area contributed by atoms with Gasteiger partial charge in [0, 0.05) is 18.2 Å². The van der Waals surface area contributed by atoms with E-state index < -0.39 is 10.0 Å². The summed E-state index contributed by atoms with van der Waals surface area (Å²) in [5.41, 5.74) is 0.456. The van der Waals surface area contributed by atoms with Gasteiger partial charge in [-0.2, -0.15) is 0 Å². The zero-order valence-corrected chi connectivity index (χ0v) is 13.7. The van der Waals surface area contributed by atoms with Gasteiger partial charge in [0.15, 0.2) is 0 Å². The Bertz CT molecular complexity index is 556. The molecule has 4 nitrogen and oxygen atoms in total. The third kappa shape index (κ3) is 5.05. The second-order valence-corrected chi connectivity index (χ2v) is 7.90. The van der Waals surface area contributed by atoms with Gasteiger partial charge in [-0.15, -0.1) is 0 Å². The molecule has 1 aromatic carbocycles. The number of benzene rings is 1.